The van der Waals surface area contributed by atoms with Crippen LogP contribution in [0.4, 0.5) is 0 Å². The normalized spacial score (nSPS) is 34.7. The Morgan fingerprint density at radius 3 is 2.38 bits per heavy atom. The molecule has 0 aliphatic carbocycles. The molecule has 0 bridgehead atoms. The van der Waals surface area contributed by atoms with Crippen molar-refractivity contribution in [2.45, 2.75) is 32.8 Å². The van der Waals surface area contributed by atoms with Gasteiger partial charge in [-0.1, -0.05) is 13.8 Å². The van der Waals surface area contributed by atoms with Gasteiger partial charge in [0.1, 0.15) is 0 Å². The third-order valence-corrected chi connectivity index (χ3v) is 3.80. The lowest BCUT2D eigenvalue weighted by atomic mass is 9.92. The predicted octanol–water partition coefficient (Wildman–Crippen LogP) is 1.34. The van der Waals surface area contributed by atoms with E-state index in [1.807, 2.05) is 0 Å². The molecular formula is C13H26N2O. The SMILES string of the molecule is CC1CC(C)CN(CCOC2(C)CNC2)C1. The van der Waals surface area contributed by atoms with Crippen LogP contribution in [0.15, 0.2) is 0 Å². The van der Waals surface area contributed by atoms with Crippen LogP contribution in [0.25, 0.3) is 0 Å². The van der Waals surface area contributed by atoms with Crippen LogP contribution >= 0.6 is 0 Å². The van der Waals surface area contributed by atoms with E-state index in [2.05, 4.69) is 31.0 Å². The Hall–Kier alpha value is -0.120. The molecule has 0 aromatic carbocycles. The van der Waals surface area contributed by atoms with E-state index < -0.39 is 0 Å². The Balaban J connectivity index is 1.65. The average Bonchev–Trinajstić information content (AvgIpc) is 2.13. The Morgan fingerprint density at radius 1 is 1.25 bits per heavy atom. The van der Waals surface area contributed by atoms with Gasteiger partial charge in [-0.05, 0) is 25.2 Å². The summed E-state index contributed by atoms with van der Waals surface area (Å²) in [6.07, 6.45) is 1.39. The highest BCUT2D eigenvalue weighted by molar-refractivity contribution is 4.90. The van der Waals surface area contributed by atoms with Crippen molar-refractivity contribution in [3.8, 4) is 0 Å². The van der Waals surface area contributed by atoms with Gasteiger partial charge < -0.3 is 15.0 Å². The maximum atomic E-state index is 5.93. The molecular weight excluding hydrogens is 200 g/mol. The number of piperidine rings is 1. The molecule has 0 spiro atoms. The first-order valence-corrected chi connectivity index (χ1v) is 6.64. The van der Waals surface area contributed by atoms with Gasteiger partial charge in [-0.25, -0.2) is 0 Å². The number of likely N-dealkylation sites (tertiary alicyclic amines) is 1. The van der Waals surface area contributed by atoms with Gasteiger partial charge in [-0.3, -0.25) is 0 Å². The van der Waals surface area contributed by atoms with E-state index in [9.17, 15) is 0 Å². The van der Waals surface area contributed by atoms with Crippen LogP contribution in [0.1, 0.15) is 27.2 Å². The monoisotopic (exact) mass is 226 g/mol. The van der Waals surface area contributed by atoms with Crippen molar-refractivity contribution in [1.29, 1.82) is 0 Å². The first-order chi connectivity index (χ1) is 7.57. The van der Waals surface area contributed by atoms with Gasteiger partial charge in [0.15, 0.2) is 0 Å². The fourth-order valence-electron chi connectivity index (χ4n) is 2.97. The standard InChI is InChI=1S/C13H26N2O/c1-11-6-12(2)8-15(7-11)4-5-16-13(3)9-14-10-13/h11-12,14H,4-10H2,1-3H3. The summed E-state index contributed by atoms with van der Waals surface area (Å²) < 4.78 is 5.93. The minimum absolute atomic E-state index is 0.118. The topological polar surface area (TPSA) is 24.5 Å². The van der Waals surface area contributed by atoms with Crippen molar-refractivity contribution in [2.75, 3.05) is 39.3 Å². The van der Waals surface area contributed by atoms with Crippen LogP contribution in [0, 0.1) is 11.8 Å². The molecule has 2 aliphatic rings. The zero-order valence-corrected chi connectivity index (χ0v) is 11.0. The molecule has 94 valence electrons. The van der Waals surface area contributed by atoms with Crippen LogP contribution in [0.5, 0.6) is 0 Å². The van der Waals surface area contributed by atoms with Gasteiger partial charge in [-0.2, -0.15) is 0 Å². The van der Waals surface area contributed by atoms with Crippen LogP contribution in [-0.2, 0) is 4.74 Å². The lowest BCUT2D eigenvalue weighted by Gasteiger charge is -2.40. The molecule has 16 heavy (non-hydrogen) atoms. The van der Waals surface area contributed by atoms with E-state index in [1.165, 1.54) is 19.5 Å². The predicted molar refractivity (Wildman–Crippen MR) is 66.6 cm³/mol. The van der Waals surface area contributed by atoms with E-state index >= 15 is 0 Å². The molecule has 2 atom stereocenters. The average molecular weight is 226 g/mol. The number of nitrogens with zero attached hydrogens (tertiary/aromatic N) is 1. The molecule has 2 rings (SSSR count). The molecule has 2 heterocycles. The van der Waals surface area contributed by atoms with Crippen molar-refractivity contribution < 1.29 is 4.74 Å². The summed E-state index contributed by atoms with van der Waals surface area (Å²) in [6.45, 7) is 13.4. The summed E-state index contributed by atoms with van der Waals surface area (Å²) in [5, 5.41) is 3.27. The number of nitrogens with one attached hydrogen (secondary N) is 1. The Labute approximate surface area is 99.5 Å². The van der Waals surface area contributed by atoms with Gasteiger partial charge in [0.25, 0.3) is 0 Å². The summed E-state index contributed by atoms with van der Waals surface area (Å²) in [6, 6.07) is 0. The maximum Gasteiger partial charge on any atom is 0.0902 e. The summed E-state index contributed by atoms with van der Waals surface area (Å²) >= 11 is 0. The molecule has 0 amide bonds. The van der Waals surface area contributed by atoms with E-state index in [0.717, 1.165) is 38.1 Å². The highest BCUT2D eigenvalue weighted by Crippen LogP contribution is 2.21. The minimum Gasteiger partial charge on any atom is -0.371 e. The molecule has 0 aromatic rings. The van der Waals surface area contributed by atoms with Crippen molar-refractivity contribution in [1.82, 2.24) is 10.2 Å². The van der Waals surface area contributed by atoms with Gasteiger partial charge in [0.05, 0.1) is 12.2 Å². The zero-order valence-electron chi connectivity index (χ0n) is 11.0. The maximum absolute atomic E-state index is 5.93. The van der Waals surface area contributed by atoms with Crippen molar-refractivity contribution in [2.24, 2.45) is 11.8 Å². The van der Waals surface area contributed by atoms with E-state index in [0.29, 0.717) is 0 Å². The van der Waals surface area contributed by atoms with Gasteiger partial charge in [0, 0.05) is 32.7 Å². The van der Waals surface area contributed by atoms with Crippen molar-refractivity contribution in [3.05, 3.63) is 0 Å². The van der Waals surface area contributed by atoms with Crippen molar-refractivity contribution >= 4 is 0 Å². The van der Waals surface area contributed by atoms with E-state index in [4.69, 9.17) is 4.74 Å². The number of ether oxygens (including phenoxy) is 1. The summed E-state index contributed by atoms with van der Waals surface area (Å²) in [5.74, 6) is 1.70. The molecule has 3 nitrogen and oxygen atoms in total. The quantitative estimate of drug-likeness (QED) is 0.783. The lowest BCUT2D eigenvalue weighted by Crippen LogP contribution is -2.59. The largest absolute Gasteiger partial charge is 0.371 e. The molecule has 2 aliphatic heterocycles. The third kappa shape index (κ3) is 3.19. The molecule has 2 saturated heterocycles. The van der Waals surface area contributed by atoms with Crippen LogP contribution in [0.3, 0.4) is 0 Å². The molecule has 2 unspecified atom stereocenters. The highest BCUT2D eigenvalue weighted by Gasteiger charge is 2.32. The Kier molecular flexibility index (Phi) is 3.88. The molecule has 0 aromatic heterocycles. The molecule has 0 saturated carbocycles. The smallest absolute Gasteiger partial charge is 0.0902 e. The second-order valence-electron chi connectivity index (χ2n) is 6.11. The fourth-order valence-corrected chi connectivity index (χ4v) is 2.97. The summed E-state index contributed by atoms with van der Waals surface area (Å²) in [5.41, 5.74) is 0.118. The van der Waals surface area contributed by atoms with Gasteiger partial charge >= 0.3 is 0 Å². The van der Waals surface area contributed by atoms with E-state index in [-0.39, 0.29) is 5.60 Å². The Morgan fingerprint density at radius 2 is 1.88 bits per heavy atom. The summed E-state index contributed by atoms with van der Waals surface area (Å²) in [7, 11) is 0. The molecule has 0 radical (unpaired) electrons. The third-order valence-electron chi connectivity index (χ3n) is 3.80. The second-order valence-corrected chi connectivity index (χ2v) is 6.11. The molecule has 1 N–H and O–H groups in total. The van der Waals surface area contributed by atoms with Crippen LogP contribution < -0.4 is 5.32 Å². The number of rotatable bonds is 4. The first-order valence-electron chi connectivity index (χ1n) is 6.64. The van der Waals surface area contributed by atoms with Gasteiger partial charge in [-0.15, -0.1) is 0 Å². The number of hydrogen-bond donors (Lipinski definition) is 1. The van der Waals surface area contributed by atoms with E-state index in [1.54, 1.807) is 0 Å². The van der Waals surface area contributed by atoms with Crippen molar-refractivity contribution in [3.63, 3.8) is 0 Å². The van der Waals surface area contributed by atoms with Crippen LogP contribution in [-0.4, -0.2) is 49.8 Å². The first kappa shape index (κ1) is 12.3. The van der Waals surface area contributed by atoms with Gasteiger partial charge in [0.2, 0.25) is 0 Å². The fraction of sp³-hybridized carbons (Fsp3) is 1.00. The molecule has 3 heteroatoms. The summed E-state index contributed by atoms with van der Waals surface area (Å²) in [4.78, 5) is 2.56. The zero-order chi connectivity index (χ0) is 11.6. The Bertz CT molecular complexity index is 218. The lowest BCUT2D eigenvalue weighted by molar-refractivity contribution is -0.0748. The minimum atomic E-state index is 0.118. The molecule has 2 fully saturated rings. The number of hydrogen-bond acceptors (Lipinski definition) is 3. The highest BCUT2D eigenvalue weighted by atomic mass is 16.5. The van der Waals surface area contributed by atoms with Crippen LogP contribution in [0.2, 0.25) is 0 Å². The second kappa shape index (κ2) is 5.03.